The van der Waals surface area contributed by atoms with Gasteiger partial charge in [0.25, 0.3) is 5.91 Å². The summed E-state index contributed by atoms with van der Waals surface area (Å²) in [6.45, 7) is -0.907. The number of hydrogen-bond acceptors (Lipinski definition) is 14. The van der Waals surface area contributed by atoms with E-state index in [1.54, 1.807) is 24.4 Å². The molecule has 3 heterocycles. The van der Waals surface area contributed by atoms with Gasteiger partial charge in [-0.15, -0.1) is 0 Å². The van der Waals surface area contributed by atoms with Crippen LogP contribution in [0.2, 0.25) is 0 Å². The molecule has 0 unspecified atom stereocenters. The van der Waals surface area contributed by atoms with Gasteiger partial charge in [0.05, 0.1) is 18.0 Å². The van der Waals surface area contributed by atoms with E-state index in [1.807, 2.05) is 30.3 Å². The number of ether oxygens (including phenoxy) is 2. The first-order chi connectivity index (χ1) is 29.3. The Morgan fingerprint density at radius 2 is 1.69 bits per heavy atom. The number of aliphatic carboxylic acids is 1. The summed E-state index contributed by atoms with van der Waals surface area (Å²) < 4.78 is 11.0. The number of hydrogen-bond donors (Lipinski definition) is 9. The van der Waals surface area contributed by atoms with Gasteiger partial charge in [0.15, 0.2) is 23.1 Å². The van der Waals surface area contributed by atoms with Crippen molar-refractivity contribution in [2.75, 3.05) is 24.8 Å². The number of benzene rings is 3. The molecule has 0 bridgehead atoms. The molecule has 9 N–H and O–H groups in total. The van der Waals surface area contributed by atoms with E-state index in [9.17, 15) is 55.5 Å². The molecule has 8 rings (SSSR count). The van der Waals surface area contributed by atoms with Gasteiger partial charge in [-0.05, 0) is 72.2 Å². The minimum absolute atomic E-state index is 0.00891. The number of amides is 1. The lowest BCUT2D eigenvalue weighted by atomic mass is 9.56. The van der Waals surface area contributed by atoms with Gasteiger partial charge in [0, 0.05) is 48.3 Å². The van der Waals surface area contributed by atoms with Crippen molar-refractivity contribution >= 4 is 35.6 Å². The molecule has 3 aromatic carbocycles. The van der Waals surface area contributed by atoms with E-state index >= 15 is 0 Å². The van der Waals surface area contributed by atoms with Gasteiger partial charge in [-0.2, -0.15) is 0 Å². The van der Waals surface area contributed by atoms with Crippen molar-refractivity contribution in [1.82, 2.24) is 0 Å². The van der Waals surface area contributed by atoms with Crippen LogP contribution < -0.4 is 9.64 Å². The summed E-state index contributed by atoms with van der Waals surface area (Å²) in [5.74, 6) is -8.17. The number of carbonyl (C=O) groups excluding carboxylic acids is 1. The number of aliphatic imine (C=N–C) groups is 2. The predicted molar refractivity (Wildman–Crippen MR) is 220 cm³/mol. The molecule has 1 amide bonds. The molecule has 0 aromatic heterocycles. The van der Waals surface area contributed by atoms with Crippen molar-refractivity contribution < 1.29 is 65.0 Å². The Balaban J connectivity index is 1.29. The largest absolute Gasteiger partial charge is 0.508 e. The van der Waals surface area contributed by atoms with E-state index in [0.717, 1.165) is 35.8 Å². The molecule has 5 aliphatic rings. The monoisotopic (exact) mass is 839 g/mol. The average Bonchev–Trinajstić information content (AvgIpc) is 3.96. The Kier molecular flexibility index (Phi) is 11.4. The molecular formula is C45H49N3O13. The highest BCUT2D eigenvalue weighted by Gasteiger charge is 2.67. The van der Waals surface area contributed by atoms with Gasteiger partial charge in [-0.25, -0.2) is 4.79 Å². The Bertz CT molecular complexity index is 2310. The quantitative estimate of drug-likeness (QED) is 0.0722. The Morgan fingerprint density at radius 3 is 2.36 bits per heavy atom. The van der Waals surface area contributed by atoms with Gasteiger partial charge < -0.3 is 55.4 Å². The molecule has 16 heteroatoms. The molecule has 1 saturated carbocycles. The number of phenols is 2. The average molecular weight is 840 g/mol. The number of anilines is 1. The number of carboxylic acids is 1. The van der Waals surface area contributed by atoms with Gasteiger partial charge >= 0.3 is 11.9 Å². The standard InChI is InChI=1S/C45H49N3O13/c49-16-13-26-21-44(42(57)58)38(37(26)43(14-5-2-6-15-43)28-7-3-1-4-8-28)30-19-33(52)34(60-45(59)41(56)40(55)39(54)35(23-50)61-45)20-31(30)48(44)36(53)12-10-25-9-11-32(51)27(17-25)18-29-22-46-24-47-29/h1,3-4,7-12,17,19-22,35,37-41,49-52,54-56,59H,2,5-6,13-16,18,23-24H2,(H,57,58)/t35-,37+,38-,39-,40+,41-,44-,45-/m1/s1. The molecule has 0 radical (unpaired) electrons. The lowest BCUT2D eigenvalue weighted by molar-refractivity contribution is -0.422. The van der Waals surface area contributed by atoms with Crippen molar-refractivity contribution in [3.05, 3.63) is 101 Å². The number of rotatable bonds is 12. The van der Waals surface area contributed by atoms with Crippen molar-refractivity contribution in [3.8, 4) is 17.2 Å². The molecule has 2 fully saturated rings. The highest BCUT2D eigenvalue weighted by atomic mass is 16.8. The number of nitrogens with zero attached hydrogens (tertiary/aromatic N) is 3. The van der Waals surface area contributed by atoms with Crippen LogP contribution in [0.15, 0.2) is 88.4 Å². The summed E-state index contributed by atoms with van der Waals surface area (Å²) in [6.07, 6.45) is 2.39. The first-order valence-electron chi connectivity index (χ1n) is 20.4. The molecule has 3 aromatic rings. The maximum atomic E-state index is 14.9. The molecule has 2 aliphatic carbocycles. The third-order valence-electron chi connectivity index (χ3n) is 13.0. The van der Waals surface area contributed by atoms with E-state index in [4.69, 9.17) is 9.47 Å². The van der Waals surface area contributed by atoms with Crippen LogP contribution in [-0.2, 0) is 26.2 Å². The number of aromatic hydroxyl groups is 2. The van der Waals surface area contributed by atoms with Crippen LogP contribution in [0, 0.1) is 5.92 Å². The Labute approximate surface area is 350 Å². The number of aliphatic hydroxyl groups is 6. The number of phenolic OH excluding ortho intramolecular Hbond substituents is 2. The third kappa shape index (κ3) is 7.11. The summed E-state index contributed by atoms with van der Waals surface area (Å²) in [6, 6.07) is 16.9. The van der Waals surface area contributed by atoms with Gasteiger partial charge in [-0.3, -0.25) is 19.7 Å². The maximum Gasteiger partial charge on any atom is 0.355 e. The predicted octanol–water partition coefficient (Wildman–Crippen LogP) is 2.43. The Hall–Kier alpha value is -5.46. The van der Waals surface area contributed by atoms with Crippen LogP contribution in [0.3, 0.4) is 0 Å². The van der Waals surface area contributed by atoms with Crippen LogP contribution in [-0.4, -0.2) is 126 Å². The second kappa shape index (κ2) is 16.4. The molecule has 0 spiro atoms. The molecule has 3 aliphatic heterocycles. The fraction of sp³-hybridized carbons (Fsp3) is 0.422. The second-order valence-electron chi connectivity index (χ2n) is 16.4. The van der Waals surface area contributed by atoms with Crippen LogP contribution >= 0.6 is 0 Å². The van der Waals surface area contributed by atoms with Crippen molar-refractivity contribution in [3.63, 3.8) is 0 Å². The molecular weight excluding hydrogens is 791 g/mol. The highest BCUT2D eigenvalue weighted by molar-refractivity contribution is 6.32. The van der Waals surface area contributed by atoms with Crippen LogP contribution in [0.1, 0.15) is 66.7 Å². The van der Waals surface area contributed by atoms with E-state index in [1.165, 1.54) is 24.3 Å². The molecule has 322 valence electrons. The smallest absolute Gasteiger partial charge is 0.355 e. The number of fused-ring (bicyclic) bond motifs is 3. The van der Waals surface area contributed by atoms with Crippen LogP contribution in [0.4, 0.5) is 5.69 Å². The van der Waals surface area contributed by atoms with Crippen LogP contribution in [0.25, 0.3) is 6.08 Å². The number of carboxylic acid groups (broad SMARTS) is 1. The zero-order chi connectivity index (χ0) is 43.3. The normalized spacial score (nSPS) is 30.2. The Morgan fingerprint density at radius 1 is 0.934 bits per heavy atom. The number of aliphatic hydroxyl groups excluding tert-OH is 5. The molecule has 8 atom stereocenters. The van der Waals surface area contributed by atoms with Crippen LogP contribution in [0.5, 0.6) is 17.2 Å². The van der Waals surface area contributed by atoms with E-state index in [-0.39, 0.29) is 36.4 Å². The molecule has 1 saturated heterocycles. The van der Waals surface area contributed by atoms with Crippen molar-refractivity contribution in [2.24, 2.45) is 15.9 Å². The topological polar surface area (TPSA) is 263 Å². The molecule has 61 heavy (non-hydrogen) atoms. The van der Waals surface area contributed by atoms with Crippen molar-refractivity contribution in [2.45, 2.75) is 92.2 Å². The summed E-state index contributed by atoms with van der Waals surface area (Å²) >= 11 is 0. The third-order valence-corrected chi connectivity index (χ3v) is 13.0. The van der Waals surface area contributed by atoms with Crippen molar-refractivity contribution in [1.29, 1.82) is 0 Å². The summed E-state index contributed by atoms with van der Waals surface area (Å²) in [5.41, 5.74) is 0.776. The van der Waals surface area contributed by atoms with Gasteiger partial charge in [0.1, 0.15) is 30.7 Å². The first-order valence-corrected chi connectivity index (χ1v) is 20.4. The van der Waals surface area contributed by atoms with E-state index in [2.05, 4.69) is 9.98 Å². The fourth-order valence-electron chi connectivity index (χ4n) is 10.3. The van der Waals surface area contributed by atoms with Gasteiger partial charge in [0.2, 0.25) is 0 Å². The minimum Gasteiger partial charge on any atom is -0.508 e. The zero-order valence-corrected chi connectivity index (χ0v) is 33.1. The SMILES string of the molecule is O=C(C=Cc1ccc(O)c(CC2=NCN=C2)c1)N1c2cc(O[C@@]3(O)O[C@H](CO)[C@@H](O)[C@H](O)[C@H]3O)c(O)cc2[C@@H]2[C@@H](C3(c4ccccc4)CCCCC3)C(CCO)=C[C@]21C(=O)O. The summed E-state index contributed by atoms with van der Waals surface area (Å²) in [5, 5.41) is 97.2. The highest BCUT2D eigenvalue weighted by Crippen LogP contribution is 2.66. The lowest BCUT2D eigenvalue weighted by Crippen LogP contribution is -2.67. The van der Waals surface area contributed by atoms with Gasteiger partial charge in [-0.1, -0.05) is 61.2 Å². The minimum atomic E-state index is -3.14. The fourth-order valence-corrected chi connectivity index (χ4v) is 10.3. The summed E-state index contributed by atoms with van der Waals surface area (Å²) in [7, 11) is 0. The lowest BCUT2D eigenvalue weighted by Gasteiger charge is -2.47. The first kappa shape index (κ1) is 42.2. The summed E-state index contributed by atoms with van der Waals surface area (Å²) in [4.78, 5) is 38.6. The zero-order valence-electron chi connectivity index (χ0n) is 33.1. The molecule has 16 nitrogen and oxygen atoms in total. The second-order valence-corrected chi connectivity index (χ2v) is 16.4. The maximum absolute atomic E-state index is 14.9. The van der Waals surface area contributed by atoms with E-state index in [0.29, 0.717) is 41.9 Å². The van der Waals surface area contributed by atoms with E-state index < -0.39 is 83.2 Å². The number of carbonyl (C=O) groups is 2.